The summed E-state index contributed by atoms with van der Waals surface area (Å²) in [7, 11) is 0. The average Bonchev–Trinajstić information content (AvgIpc) is 2.45. The third-order valence-electron chi connectivity index (χ3n) is 2.94. The van der Waals surface area contributed by atoms with Crippen LogP contribution < -0.4 is 0 Å². The number of pyridine rings is 1. The normalized spacial score (nSPS) is 10.9. The molecule has 1 heterocycles. The van der Waals surface area contributed by atoms with Crippen molar-refractivity contribution >= 4 is 45.9 Å². The van der Waals surface area contributed by atoms with E-state index in [4.69, 9.17) is 23.2 Å². The third-order valence-corrected chi connectivity index (χ3v) is 4.50. The first-order valence-electron chi connectivity index (χ1n) is 6.15. The van der Waals surface area contributed by atoms with Crippen LogP contribution >= 0.6 is 35.0 Å². The number of hydrogen-bond acceptors (Lipinski definition) is 2. The third kappa shape index (κ3) is 3.09. The molecular weight excluding hydrogens is 309 g/mol. The van der Waals surface area contributed by atoms with Crippen molar-refractivity contribution in [3.8, 4) is 0 Å². The lowest BCUT2D eigenvalue weighted by Crippen LogP contribution is -1.85. The van der Waals surface area contributed by atoms with Crippen molar-refractivity contribution in [1.82, 2.24) is 4.98 Å². The van der Waals surface area contributed by atoms with Gasteiger partial charge in [-0.25, -0.2) is 4.98 Å². The number of thioether (sulfide) groups is 1. The van der Waals surface area contributed by atoms with E-state index in [1.54, 1.807) is 11.8 Å². The molecule has 1 nitrogen and oxygen atoms in total. The molecule has 0 aliphatic carbocycles. The van der Waals surface area contributed by atoms with Gasteiger partial charge in [-0.3, -0.25) is 0 Å². The van der Waals surface area contributed by atoms with E-state index in [2.05, 4.69) is 17.1 Å². The summed E-state index contributed by atoms with van der Waals surface area (Å²) in [6.45, 7) is 0. The summed E-state index contributed by atoms with van der Waals surface area (Å²) in [5.41, 5.74) is 2.12. The molecule has 3 rings (SSSR count). The molecule has 0 atom stereocenters. The second-order valence-corrected chi connectivity index (χ2v) is 6.22. The second-order valence-electron chi connectivity index (χ2n) is 4.38. The van der Waals surface area contributed by atoms with Gasteiger partial charge in [0.1, 0.15) is 5.15 Å². The van der Waals surface area contributed by atoms with Crippen molar-refractivity contribution in [1.29, 1.82) is 0 Å². The van der Waals surface area contributed by atoms with Crippen molar-refractivity contribution in [2.45, 2.75) is 10.6 Å². The van der Waals surface area contributed by atoms with E-state index in [0.717, 1.165) is 21.6 Å². The zero-order chi connectivity index (χ0) is 13.9. The summed E-state index contributed by atoms with van der Waals surface area (Å²) in [5.74, 6) is 0.902. The molecule has 4 heteroatoms. The first kappa shape index (κ1) is 13.7. The molecule has 0 unspecified atom stereocenters. The Labute approximate surface area is 131 Å². The predicted molar refractivity (Wildman–Crippen MR) is 87.8 cm³/mol. The summed E-state index contributed by atoms with van der Waals surface area (Å²) in [5, 5.41) is 2.25. The standard InChI is InChI=1S/C16H11Cl2NS/c17-12-6-7-13-14(8-12)19-16(18)9-15(13)20-10-11-4-2-1-3-5-11/h1-9H,10H2. The fourth-order valence-electron chi connectivity index (χ4n) is 1.99. The van der Waals surface area contributed by atoms with E-state index in [-0.39, 0.29) is 0 Å². The number of benzene rings is 2. The SMILES string of the molecule is Clc1ccc2c(SCc3ccccc3)cc(Cl)nc2c1. The number of nitrogens with zero attached hydrogens (tertiary/aromatic N) is 1. The molecule has 0 aliphatic heterocycles. The van der Waals surface area contributed by atoms with Gasteiger partial charge in [0.2, 0.25) is 0 Å². The van der Waals surface area contributed by atoms with Gasteiger partial charge in [0.25, 0.3) is 0 Å². The topological polar surface area (TPSA) is 12.9 Å². The van der Waals surface area contributed by atoms with Crippen molar-refractivity contribution in [2.24, 2.45) is 0 Å². The molecular formula is C16H11Cl2NS. The van der Waals surface area contributed by atoms with Crippen LogP contribution in [0, 0.1) is 0 Å². The number of halogens is 2. The predicted octanol–water partition coefficient (Wildman–Crippen LogP) is 5.83. The van der Waals surface area contributed by atoms with Crippen molar-refractivity contribution < 1.29 is 0 Å². The minimum atomic E-state index is 0.496. The summed E-state index contributed by atoms with van der Waals surface area (Å²) in [4.78, 5) is 5.45. The number of aromatic nitrogens is 1. The summed E-state index contributed by atoms with van der Waals surface area (Å²) in [6.07, 6.45) is 0. The first-order chi connectivity index (χ1) is 9.72. The van der Waals surface area contributed by atoms with E-state index in [9.17, 15) is 0 Å². The van der Waals surface area contributed by atoms with Gasteiger partial charge in [-0.15, -0.1) is 11.8 Å². The average molecular weight is 320 g/mol. The van der Waals surface area contributed by atoms with Gasteiger partial charge < -0.3 is 0 Å². The van der Waals surface area contributed by atoms with Crippen LogP contribution in [0.2, 0.25) is 10.2 Å². The highest BCUT2D eigenvalue weighted by atomic mass is 35.5. The zero-order valence-corrected chi connectivity index (χ0v) is 12.8. The molecule has 2 aromatic carbocycles. The highest BCUT2D eigenvalue weighted by Crippen LogP contribution is 2.32. The Morgan fingerprint density at radius 1 is 0.950 bits per heavy atom. The van der Waals surface area contributed by atoms with Gasteiger partial charge in [-0.2, -0.15) is 0 Å². The van der Waals surface area contributed by atoms with Crippen LogP contribution in [0.3, 0.4) is 0 Å². The van der Waals surface area contributed by atoms with Crippen LogP contribution in [0.5, 0.6) is 0 Å². The largest absolute Gasteiger partial charge is 0.236 e. The lowest BCUT2D eigenvalue weighted by Gasteiger charge is -2.07. The molecule has 0 fully saturated rings. The highest BCUT2D eigenvalue weighted by molar-refractivity contribution is 7.98. The minimum absolute atomic E-state index is 0.496. The zero-order valence-electron chi connectivity index (χ0n) is 10.5. The van der Waals surface area contributed by atoms with E-state index >= 15 is 0 Å². The minimum Gasteiger partial charge on any atom is -0.236 e. The molecule has 100 valence electrons. The monoisotopic (exact) mass is 319 g/mol. The van der Waals surface area contributed by atoms with Gasteiger partial charge in [0.15, 0.2) is 0 Å². The number of hydrogen-bond donors (Lipinski definition) is 0. The molecule has 0 radical (unpaired) electrons. The maximum atomic E-state index is 6.09. The Balaban J connectivity index is 1.94. The molecule has 20 heavy (non-hydrogen) atoms. The van der Waals surface area contributed by atoms with Gasteiger partial charge in [-0.05, 0) is 23.8 Å². The molecule has 0 spiro atoms. The van der Waals surface area contributed by atoms with E-state index < -0.39 is 0 Å². The Kier molecular flexibility index (Phi) is 4.16. The Bertz CT molecular complexity index is 739. The lowest BCUT2D eigenvalue weighted by atomic mass is 10.2. The van der Waals surface area contributed by atoms with Crippen LogP contribution in [-0.4, -0.2) is 4.98 Å². The van der Waals surface area contributed by atoms with Crippen molar-refractivity contribution in [3.63, 3.8) is 0 Å². The number of fused-ring (bicyclic) bond motifs is 1. The van der Waals surface area contributed by atoms with E-state index in [0.29, 0.717) is 10.2 Å². The first-order valence-corrected chi connectivity index (χ1v) is 7.89. The van der Waals surface area contributed by atoms with Crippen LogP contribution in [0.15, 0.2) is 59.5 Å². The van der Waals surface area contributed by atoms with Gasteiger partial charge in [0, 0.05) is 21.1 Å². The Hall–Kier alpha value is -1.22. The van der Waals surface area contributed by atoms with Gasteiger partial charge in [-0.1, -0.05) is 59.6 Å². The van der Waals surface area contributed by atoms with E-state index in [1.807, 2.05) is 42.5 Å². The fourth-order valence-corrected chi connectivity index (χ4v) is 3.46. The highest BCUT2D eigenvalue weighted by Gasteiger charge is 2.06. The second kappa shape index (κ2) is 6.04. The van der Waals surface area contributed by atoms with Crippen molar-refractivity contribution in [2.75, 3.05) is 0 Å². The Morgan fingerprint density at radius 2 is 1.75 bits per heavy atom. The molecule has 0 N–H and O–H groups in total. The molecule has 0 saturated carbocycles. The van der Waals surface area contributed by atoms with Crippen molar-refractivity contribution in [3.05, 3.63) is 70.3 Å². The van der Waals surface area contributed by atoms with E-state index in [1.165, 1.54) is 5.56 Å². The quantitative estimate of drug-likeness (QED) is 0.444. The van der Waals surface area contributed by atoms with Crippen LogP contribution in [0.1, 0.15) is 5.56 Å². The summed E-state index contributed by atoms with van der Waals surface area (Å²) >= 11 is 13.9. The fraction of sp³-hybridized carbons (Fsp3) is 0.0625. The summed E-state index contributed by atoms with van der Waals surface area (Å²) < 4.78 is 0. The summed E-state index contributed by atoms with van der Waals surface area (Å²) in [6, 6.07) is 18.0. The van der Waals surface area contributed by atoms with Gasteiger partial charge >= 0.3 is 0 Å². The molecule has 0 amide bonds. The Morgan fingerprint density at radius 3 is 2.55 bits per heavy atom. The molecule has 0 saturated heterocycles. The number of rotatable bonds is 3. The van der Waals surface area contributed by atoms with Crippen LogP contribution in [0.25, 0.3) is 10.9 Å². The van der Waals surface area contributed by atoms with Crippen LogP contribution in [0.4, 0.5) is 0 Å². The molecule has 1 aromatic heterocycles. The maximum Gasteiger partial charge on any atom is 0.130 e. The molecule has 3 aromatic rings. The smallest absolute Gasteiger partial charge is 0.130 e. The molecule has 0 aliphatic rings. The molecule has 0 bridgehead atoms. The van der Waals surface area contributed by atoms with Crippen LogP contribution in [-0.2, 0) is 5.75 Å². The van der Waals surface area contributed by atoms with Gasteiger partial charge in [0.05, 0.1) is 5.52 Å². The maximum absolute atomic E-state index is 6.09. The lowest BCUT2D eigenvalue weighted by molar-refractivity contribution is 1.34.